The fourth-order valence-corrected chi connectivity index (χ4v) is 2.89. The first-order valence-corrected chi connectivity index (χ1v) is 9.47. The van der Waals surface area contributed by atoms with Gasteiger partial charge in [0.15, 0.2) is 6.61 Å². The molecule has 0 unspecified atom stereocenters. The normalized spacial score (nSPS) is 10.7. The summed E-state index contributed by atoms with van der Waals surface area (Å²) in [6.07, 6.45) is 0. The van der Waals surface area contributed by atoms with E-state index in [9.17, 15) is 4.79 Å². The zero-order valence-corrected chi connectivity index (χ0v) is 17.1. The van der Waals surface area contributed by atoms with Crippen LogP contribution in [0.5, 0.6) is 11.6 Å². The van der Waals surface area contributed by atoms with Crippen LogP contribution in [0.1, 0.15) is 30.9 Å². The molecule has 6 heteroatoms. The van der Waals surface area contributed by atoms with Gasteiger partial charge in [-0.15, -0.1) is 10.2 Å². The predicted octanol–water partition coefficient (Wildman–Crippen LogP) is 4.60. The molecular weight excluding hydrogens is 366 g/mol. The molecule has 3 aromatic rings. The minimum Gasteiger partial charge on any atom is -0.483 e. The van der Waals surface area contributed by atoms with Crippen LogP contribution >= 0.6 is 0 Å². The topological polar surface area (TPSA) is 73.3 Å². The summed E-state index contributed by atoms with van der Waals surface area (Å²) in [7, 11) is 1.55. The summed E-state index contributed by atoms with van der Waals surface area (Å²) in [6.45, 7) is 6.17. The van der Waals surface area contributed by atoms with Crippen molar-refractivity contribution in [1.82, 2.24) is 10.2 Å². The number of nitrogens with zero attached hydrogens (tertiary/aromatic N) is 2. The van der Waals surface area contributed by atoms with Gasteiger partial charge < -0.3 is 14.8 Å². The van der Waals surface area contributed by atoms with Gasteiger partial charge >= 0.3 is 0 Å². The molecule has 0 radical (unpaired) electrons. The Bertz CT molecular complexity index is 968. The number of ether oxygens (including phenoxy) is 2. The molecule has 1 aromatic heterocycles. The Morgan fingerprint density at radius 1 is 1.03 bits per heavy atom. The maximum absolute atomic E-state index is 12.3. The van der Waals surface area contributed by atoms with Gasteiger partial charge in [0.05, 0.1) is 12.8 Å². The lowest BCUT2D eigenvalue weighted by Gasteiger charge is -2.15. The van der Waals surface area contributed by atoms with Crippen LogP contribution in [0.2, 0.25) is 0 Å². The van der Waals surface area contributed by atoms with Gasteiger partial charge in [-0.1, -0.05) is 38.1 Å². The van der Waals surface area contributed by atoms with Gasteiger partial charge in [0.25, 0.3) is 5.91 Å². The van der Waals surface area contributed by atoms with Crippen LogP contribution < -0.4 is 14.8 Å². The summed E-state index contributed by atoms with van der Waals surface area (Å²) in [5, 5.41) is 10.9. The van der Waals surface area contributed by atoms with E-state index in [2.05, 4.69) is 35.4 Å². The number of hydrogen-bond acceptors (Lipinski definition) is 5. The zero-order chi connectivity index (χ0) is 20.8. The summed E-state index contributed by atoms with van der Waals surface area (Å²) >= 11 is 0. The lowest BCUT2D eigenvalue weighted by Crippen LogP contribution is -2.20. The van der Waals surface area contributed by atoms with Gasteiger partial charge in [-0.05, 0) is 48.2 Å². The molecule has 1 amide bonds. The standard InChI is InChI=1S/C23H25N3O3/c1-15(2)19-10-5-16(3)13-21(19)29-14-22(27)24-18-8-6-17(7-9-18)20-11-12-23(28-4)26-25-20/h5-13,15H,14H2,1-4H3,(H,24,27). The highest BCUT2D eigenvalue weighted by Crippen LogP contribution is 2.27. The van der Waals surface area contributed by atoms with E-state index in [1.54, 1.807) is 13.2 Å². The van der Waals surface area contributed by atoms with E-state index in [1.807, 2.05) is 49.4 Å². The van der Waals surface area contributed by atoms with Gasteiger partial charge in [0, 0.05) is 17.3 Å². The zero-order valence-electron chi connectivity index (χ0n) is 17.1. The maximum Gasteiger partial charge on any atom is 0.262 e. The monoisotopic (exact) mass is 391 g/mol. The number of carbonyl (C=O) groups excluding carboxylic acids is 1. The van der Waals surface area contributed by atoms with E-state index in [0.717, 1.165) is 28.1 Å². The second kappa shape index (κ2) is 9.19. The van der Waals surface area contributed by atoms with Crippen molar-refractivity contribution in [2.75, 3.05) is 19.0 Å². The average Bonchev–Trinajstić information content (AvgIpc) is 2.73. The summed E-state index contributed by atoms with van der Waals surface area (Å²) in [5.41, 5.74) is 4.51. The van der Waals surface area contributed by atoms with Crippen molar-refractivity contribution >= 4 is 11.6 Å². The first-order chi connectivity index (χ1) is 14.0. The number of amides is 1. The highest BCUT2D eigenvalue weighted by atomic mass is 16.5. The van der Waals surface area contributed by atoms with Crippen LogP contribution in [0.15, 0.2) is 54.6 Å². The Morgan fingerprint density at radius 2 is 1.79 bits per heavy atom. The Labute approximate surface area is 170 Å². The van der Waals surface area contributed by atoms with Gasteiger partial charge in [0.1, 0.15) is 5.75 Å². The smallest absolute Gasteiger partial charge is 0.262 e. The predicted molar refractivity (Wildman–Crippen MR) is 113 cm³/mol. The molecule has 0 aliphatic heterocycles. The van der Waals surface area contributed by atoms with Crippen molar-refractivity contribution in [3.8, 4) is 22.9 Å². The fraction of sp³-hybridized carbons (Fsp3) is 0.261. The number of benzene rings is 2. The molecule has 3 rings (SSSR count). The molecule has 2 aromatic carbocycles. The summed E-state index contributed by atoms with van der Waals surface area (Å²) in [4.78, 5) is 12.3. The van der Waals surface area contributed by atoms with Crippen LogP contribution in [0.4, 0.5) is 5.69 Å². The molecule has 0 spiro atoms. The molecule has 150 valence electrons. The molecule has 6 nitrogen and oxygen atoms in total. The summed E-state index contributed by atoms with van der Waals surface area (Å²) in [5.74, 6) is 1.33. The molecule has 1 N–H and O–H groups in total. The number of anilines is 1. The molecule has 0 fully saturated rings. The quantitative estimate of drug-likeness (QED) is 0.637. The van der Waals surface area contributed by atoms with Crippen LogP contribution in [0.25, 0.3) is 11.3 Å². The number of aromatic nitrogens is 2. The lowest BCUT2D eigenvalue weighted by atomic mass is 10.0. The van der Waals surface area contributed by atoms with Crippen LogP contribution in [0, 0.1) is 6.92 Å². The first-order valence-electron chi connectivity index (χ1n) is 9.47. The third kappa shape index (κ3) is 5.31. The van der Waals surface area contributed by atoms with Gasteiger partial charge in [-0.25, -0.2) is 0 Å². The molecule has 0 aliphatic carbocycles. The van der Waals surface area contributed by atoms with E-state index in [1.165, 1.54) is 0 Å². The van der Waals surface area contributed by atoms with E-state index in [4.69, 9.17) is 9.47 Å². The van der Waals surface area contributed by atoms with Crippen LogP contribution in [-0.4, -0.2) is 29.8 Å². The van der Waals surface area contributed by atoms with Crippen molar-refractivity contribution in [3.05, 3.63) is 65.7 Å². The Morgan fingerprint density at radius 3 is 2.41 bits per heavy atom. The first kappa shape index (κ1) is 20.3. The summed E-state index contributed by atoms with van der Waals surface area (Å²) < 4.78 is 10.8. The minimum atomic E-state index is -0.210. The largest absolute Gasteiger partial charge is 0.483 e. The van der Waals surface area contributed by atoms with E-state index in [0.29, 0.717) is 17.5 Å². The Balaban J connectivity index is 1.60. The van der Waals surface area contributed by atoms with Crippen LogP contribution in [0.3, 0.4) is 0 Å². The van der Waals surface area contributed by atoms with Crippen molar-refractivity contribution in [1.29, 1.82) is 0 Å². The highest BCUT2D eigenvalue weighted by molar-refractivity contribution is 5.92. The van der Waals surface area contributed by atoms with Gasteiger partial charge in [-0.2, -0.15) is 0 Å². The molecule has 0 saturated carbocycles. The summed E-state index contributed by atoms with van der Waals surface area (Å²) in [6, 6.07) is 17.1. The van der Waals surface area contributed by atoms with E-state index in [-0.39, 0.29) is 12.5 Å². The van der Waals surface area contributed by atoms with Crippen LogP contribution in [-0.2, 0) is 4.79 Å². The van der Waals surface area contributed by atoms with Crippen molar-refractivity contribution in [2.45, 2.75) is 26.7 Å². The second-order valence-electron chi connectivity index (χ2n) is 7.07. The van der Waals surface area contributed by atoms with Crippen molar-refractivity contribution < 1.29 is 14.3 Å². The molecule has 0 aliphatic rings. The number of hydrogen-bond donors (Lipinski definition) is 1. The number of aryl methyl sites for hydroxylation is 1. The number of rotatable bonds is 7. The van der Waals surface area contributed by atoms with Gasteiger partial charge in [0.2, 0.25) is 5.88 Å². The molecule has 0 saturated heterocycles. The van der Waals surface area contributed by atoms with Crippen molar-refractivity contribution in [3.63, 3.8) is 0 Å². The van der Waals surface area contributed by atoms with Gasteiger partial charge in [-0.3, -0.25) is 4.79 Å². The average molecular weight is 391 g/mol. The second-order valence-corrected chi connectivity index (χ2v) is 7.07. The fourth-order valence-electron chi connectivity index (χ4n) is 2.89. The number of carbonyl (C=O) groups is 1. The molecule has 0 atom stereocenters. The maximum atomic E-state index is 12.3. The Hall–Kier alpha value is -3.41. The third-order valence-corrected chi connectivity index (χ3v) is 4.46. The molecular formula is C23H25N3O3. The number of nitrogens with one attached hydrogen (secondary N) is 1. The third-order valence-electron chi connectivity index (χ3n) is 4.46. The Kier molecular flexibility index (Phi) is 6.44. The lowest BCUT2D eigenvalue weighted by molar-refractivity contribution is -0.118. The van der Waals surface area contributed by atoms with Crippen molar-refractivity contribution in [2.24, 2.45) is 0 Å². The highest BCUT2D eigenvalue weighted by Gasteiger charge is 2.11. The van der Waals surface area contributed by atoms with E-state index < -0.39 is 0 Å². The van der Waals surface area contributed by atoms with E-state index >= 15 is 0 Å². The SMILES string of the molecule is COc1ccc(-c2ccc(NC(=O)COc3cc(C)ccc3C(C)C)cc2)nn1. The molecule has 1 heterocycles. The number of methoxy groups -OCH3 is 1. The minimum absolute atomic E-state index is 0.0467. The molecule has 0 bridgehead atoms. The molecule has 29 heavy (non-hydrogen) atoms.